The van der Waals surface area contributed by atoms with Crippen molar-refractivity contribution in [2.45, 2.75) is 45.3 Å². The number of nitrogens with two attached hydrogens (primary N) is 1. The lowest BCUT2D eigenvalue weighted by Crippen LogP contribution is -2.37. The van der Waals surface area contributed by atoms with Gasteiger partial charge in [-0.05, 0) is 36.5 Å². The molecule has 0 heterocycles. The van der Waals surface area contributed by atoms with Crippen molar-refractivity contribution in [1.29, 1.82) is 0 Å². The maximum atomic E-state index is 9.94. The summed E-state index contributed by atoms with van der Waals surface area (Å²) in [7, 11) is 0. The molecule has 1 aromatic carbocycles. The third-order valence-corrected chi connectivity index (χ3v) is 4.28. The van der Waals surface area contributed by atoms with Gasteiger partial charge in [-0.2, -0.15) is 11.8 Å². The number of aliphatic hydroxyl groups excluding tert-OH is 1. The molecule has 4 heteroatoms. The van der Waals surface area contributed by atoms with Gasteiger partial charge in [0.1, 0.15) is 0 Å². The standard InChI is InChI=1S/C16H27NOS.ClH/c1-13(2)11-15(17)16(18)12-19-10-6-9-14-7-4-3-5-8-14;/h3-5,7-8,13,15-16,18H,6,9-12,17H2,1-2H3;1H. The van der Waals surface area contributed by atoms with E-state index in [4.69, 9.17) is 5.73 Å². The summed E-state index contributed by atoms with van der Waals surface area (Å²) in [6.07, 6.45) is 2.79. The lowest BCUT2D eigenvalue weighted by Gasteiger charge is -2.20. The fourth-order valence-corrected chi connectivity index (χ4v) is 3.06. The predicted octanol–water partition coefficient (Wildman–Crippen LogP) is 3.51. The molecule has 2 atom stereocenters. The molecule has 0 aromatic heterocycles. The van der Waals surface area contributed by atoms with Crippen molar-refractivity contribution in [3.63, 3.8) is 0 Å². The van der Waals surface area contributed by atoms with E-state index in [1.54, 1.807) is 11.8 Å². The van der Waals surface area contributed by atoms with E-state index in [0.29, 0.717) is 5.92 Å². The molecule has 0 fully saturated rings. The fraction of sp³-hybridized carbons (Fsp3) is 0.625. The Hall–Kier alpha value is -0.220. The Bertz CT molecular complexity index is 335. The lowest BCUT2D eigenvalue weighted by molar-refractivity contribution is 0.157. The highest BCUT2D eigenvalue weighted by Crippen LogP contribution is 2.13. The van der Waals surface area contributed by atoms with E-state index in [1.807, 2.05) is 6.07 Å². The second-order valence-electron chi connectivity index (χ2n) is 5.52. The van der Waals surface area contributed by atoms with Crippen LogP contribution in [0.25, 0.3) is 0 Å². The van der Waals surface area contributed by atoms with E-state index in [0.717, 1.165) is 30.8 Å². The first-order valence-electron chi connectivity index (χ1n) is 7.15. The normalized spacial score (nSPS) is 13.8. The summed E-state index contributed by atoms with van der Waals surface area (Å²) in [5.41, 5.74) is 7.35. The maximum absolute atomic E-state index is 9.94. The van der Waals surface area contributed by atoms with E-state index in [9.17, 15) is 5.11 Å². The van der Waals surface area contributed by atoms with E-state index in [-0.39, 0.29) is 24.6 Å². The van der Waals surface area contributed by atoms with Crippen LogP contribution in [0.5, 0.6) is 0 Å². The molecule has 0 aliphatic heterocycles. The maximum Gasteiger partial charge on any atom is 0.0781 e. The van der Waals surface area contributed by atoms with Crippen molar-refractivity contribution in [3.05, 3.63) is 35.9 Å². The molecule has 0 saturated heterocycles. The van der Waals surface area contributed by atoms with Crippen LogP contribution in [-0.4, -0.2) is 28.8 Å². The number of rotatable bonds is 9. The summed E-state index contributed by atoms with van der Waals surface area (Å²) in [4.78, 5) is 0. The Balaban J connectivity index is 0.00000361. The monoisotopic (exact) mass is 317 g/mol. The van der Waals surface area contributed by atoms with Gasteiger partial charge in [0.25, 0.3) is 0 Å². The van der Waals surface area contributed by atoms with Gasteiger partial charge in [0.05, 0.1) is 6.10 Å². The van der Waals surface area contributed by atoms with Gasteiger partial charge in [-0.1, -0.05) is 44.2 Å². The molecule has 0 saturated carbocycles. The summed E-state index contributed by atoms with van der Waals surface area (Å²) in [5.74, 6) is 2.39. The highest BCUT2D eigenvalue weighted by Gasteiger charge is 2.15. The number of halogens is 1. The first-order valence-corrected chi connectivity index (χ1v) is 8.30. The second kappa shape index (κ2) is 11.4. The molecule has 0 spiro atoms. The van der Waals surface area contributed by atoms with Gasteiger partial charge in [0.15, 0.2) is 0 Å². The van der Waals surface area contributed by atoms with Gasteiger partial charge in [-0.25, -0.2) is 0 Å². The summed E-state index contributed by atoms with van der Waals surface area (Å²) < 4.78 is 0. The van der Waals surface area contributed by atoms with Gasteiger partial charge in [0, 0.05) is 11.8 Å². The summed E-state index contributed by atoms with van der Waals surface area (Å²) >= 11 is 1.81. The Morgan fingerprint density at radius 2 is 1.85 bits per heavy atom. The molecule has 2 unspecified atom stereocenters. The predicted molar refractivity (Wildman–Crippen MR) is 92.8 cm³/mol. The second-order valence-corrected chi connectivity index (χ2v) is 6.67. The van der Waals surface area contributed by atoms with Crippen LogP contribution in [0.15, 0.2) is 30.3 Å². The average Bonchev–Trinajstić information content (AvgIpc) is 2.38. The van der Waals surface area contributed by atoms with Crippen LogP contribution in [0, 0.1) is 5.92 Å². The van der Waals surface area contributed by atoms with Crippen LogP contribution in [0.3, 0.4) is 0 Å². The van der Waals surface area contributed by atoms with Gasteiger partial charge in [-0.3, -0.25) is 0 Å². The molecule has 20 heavy (non-hydrogen) atoms. The van der Waals surface area contributed by atoms with E-state index >= 15 is 0 Å². The fourth-order valence-electron chi connectivity index (χ4n) is 2.05. The molecule has 0 amide bonds. The van der Waals surface area contributed by atoms with Gasteiger partial charge < -0.3 is 10.8 Å². The Morgan fingerprint density at radius 3 is 2.45 bits per heavy atom. The number of aryl methyl sites for hydroxylation is 1. The third kappa shape index (κ3) is 8.85. The number of hydrogen-bond donors (Lipinski definition) is 2. The molecule has 0 aliphatic rings. The largest absolute Gasteiger partial charge is 0.391 e. The average molecular weight is 318 g/mol. The van der Waals surface area contributed by atoms with Crippen LogP contribution in [0.2, 0.25) is 0 Å². The molecule has 116 valence electrons. The zero-order valence-electron chi connectivity index (χ0n) is 12.5. The molecule has 0 aliphatic carbocycles. The van der Waals surface area contributed by atoms with E-state index in [2.05, 4.69) is 38.1 Å². The lowest BCUT2D eigenvalue weighted by atomic mass is 10.0. The van der Waals surface area contributed by atoms with Crippen LogP contribution >= 0.6 is 24.2 Å². The minimum absolute atomic E-state index is 0. The summed E-state index contributed by atoms with van der Waals surface area (Å²) in [6.45, 7) is 4.28. The smallest absolute Gasteiger partial charge is 0.0781 e. The molecular formula is C16H28ClNOS. The summed E-state index contributed by atoms with van der Waals surface area (Å²) in [6, 6.07) is 10.5. The molecule has 3 N–H and O–H groups in total. The zero-order chi connectivity index (χ0) is 14.1. The quantitative estimate of drug-likeness (QED) is 0.685. The SMILES string of the molecule is CC(C)CC(N)C(O)CSCCCc1ccccc1.Cl. The van der Waals surface area contributed by atoms with Crippen molar-refractivity contribution in [3.8, 4) is 0 Å². The first-order chi connectivity index (χ1) is 9.09. The van der Waals surface area contributed by atoms with Crippen molar-refractivity contribution in [2.24, 2.45) is 11.7 Å². The molecule has 1 aromatic rings. The summed E-state index contributed by atoms with van der Waals surface area (Å²) in [5, 5.41) is 9.94. The molecule has 0 bridgehead atoms. The number of benzene rings is 1. The molecular weight excluding hydrogens is 290 g/mol. The molecule has 1 rings (SSSR count). The minimum Gasteiger partial charge on any atom is -0.391 e. The Labute approximate surface area is 133 Å². The zero-order valence-corrected chi connectivity index (χ0v) is 14.1. The number of thioether (sulfide) groups is 1. The van der Waals surface area contributed by atoms with Crippen LogP contribution in [0.4, 0.5) is 0 Å². The molecule has 2 nitrogen and oxygen atoms in total. The highest BCUT2D eigenvalue weighted by molar-refractivity contribution is 7.99. The molecule has 0 radical (unpaired) electrons. The van der Waals surface area contributed by atoms with Crippen molar-refractivity contribution >= 4 is 24.2 Å². The van der Waals surface area contributed by atoms with Crippen molar-refractivity contribution < 1.29 is 5.11 Å². The highest BCUT2D eigenvalue weighted by atomic mass is 35.5. The van der Waals surface area contributed by atoms with Gasteiger partial charge in [0.2, 0.25) is 0 Å². The van der Waals surface area contributed by atoms with Crippen LogP contribution in [-0.2, 0) is 6.42 Å². The number of aliphatic hydroxyl groups is 1. The van der Waals surface area contributed by atoms with Gasteiger partial charge in [-0.15, -0.1) is 12.4 Å². The van der Waals surface area contributed by atoms with Crippen molar-refractivity contribution in [1.82, 2.24) is 0 Å². The Kier molecular flexibility index (Phi) is 11.3. The third-order valence-electron chi connectivity index (χ3n) is 3.12. The van der Waals surface area contributed by atoms with E-state index < -0.39 is 0 Å². The topological polar surface area (TPSA) is 46.2 Å². The van der Waals surface area contributed by atoms with E-state index in [1.165, 1.54) is 5.56 Å². The minimum atomic E-state index is -0.371. The van der Waals surface area contributed by atoms with Crippen molar-refractivity contribution in [2.75, 3.05) is 11.5 Å². The van der Waals surface area contributed by atoms with Crippen LogP contribution in [0.1, 0.15) is 32.3 Å². The number of hydrogen-bond acceptors (Lipinski definition) is 3. The van der Waals surface area contributed by atoms with Crippen LogP contribution < -0.4 is 5.73 Å². The Morgan fingerprint density at radius 1 is 1.20 bits per heavy atom. The van der Waals surface area contributed by atoms with Gasteiger partial charge >= 0.3 is 0 Å². The first kappa shape index (κ1) is 19.8.